The maximum atomic E-state index is 12.5. The second kappa shape index (κ2) is 8.00. The van der Waals surface area contributed by atoms with Crippen LogP contribution in [0.3, 0.4) is 0 Å². The Kier molecular flexibility index (Phi) is 7.00. The van der Waals surface area contributed by atoms with Gasteiger partial charge in [0.25, 0.3) is 0 Å². The first-order valence-electron chi connectivity index (χ1n) is 7.39. The van der Waals surface area contributed by atoms with Crippen LogP contribution in [0.5, 0.6) is 0 Å². The van der Waals surface area contributed by atoms with Crippen molar-refractivity contribution in [2.24, 2.45) is 0 Å². The molecule has 1 fully saturated rings. The van der Waals surface area contributed by atoms with Crippen molar-refractivity contribution < 1.29 is 9.00 Å². The van der Waals surface area contributed by atoms with Gasteiger partial charge >= 0.3 is 0 Å². The Hall–Kier alpha value is -0.420. The van der Waals surface area contributed by atoms with Crippen LogP contribution in [0.2, 0.25) is 0 Å². The van der Waals surface area contributed by atoms with Gasteiger partial charge in [-0.1, -0.05) is 26.7 Å². The predicted octanol–water partition coefficient (Wildman–Crippen LogP) is 1.87. The standard InChI is InChI=1S/C14H28N2O2S/c1-5-7-12-14(17)16(13(15-12)8-6-2)11(3)9-10-19(4)18/h11-13,15H,5-10H2,1-4H3. The first kappa shape index (κ1) is 16.6. The lowest BCUT2D eigenvalue weighted by Gasteiger charge is -2.30. The van der Waals surface area contributed by atoms with Gasteiger partial charge in [-0.2, -0.15) is 0 Å². The van der Waals surface area contributed by atoms with Gasteiger partial charge in [-0.3, -0.25) is 14.3 Å². The van der Waals surface area contributed by atoms with Crippen molar-refractivity contribution in [3.8, 4) is 0 Å². The maximum Gasteiger partial charge on any atom is 0.241 e. The molecule has 1 amide bonds. The molecule has 1 heterocycles. The van der Waals surface area contributed by atoms with Gasteiger partial charge in [0.15, 0.2) is 0 Å². The smallest absolute Gasteiger partial charge is 0.241 e. The fourth-order valence-electron chi connectivity index (χ4n) is 2.71. The average molecular weight is 288 g/mol. The van der Waals surface area contributed by atoms with Gasteiger partial charge < -0.3 is 4.90 Å². The molecule has 1 rings (SSSR count). The first-order valence-corrected chi connectivity index (χ1v) is 9.12. The van der Waals surface area contributed by atoms with Crippen LogP contribution < -0.4 is 5.32 Å². The average Bonchev–Trinajstić information content (AvgIpc) is 2.64. The van der Waals surface area contributed by atoms with E-state index in [1.165, 1.54) is 0 Å². The molecule has 19 heavy (non-hydrogen) atoms. The lowest BCUT2D eigenvalue weighted by molar-refractivity contribution is -0.132. The minimum absolute atomic E-state index is 0.0175. The molecule has 4 atom stereocenters. The van der Waals surface area contributed by atoms with Crippen LogP contribution in [0.1, 0.15) is 52.9 Å². The second-order valence-corrected chi connectivity index (χ2v) is 7.03. The molecule has 1 aliphatic heterocycles. The molecule has 0 aromatic rings. The highest BCUT2D eigenvalue weighted by atomic mass is 32.2. The normalized spacial score (nSPS) is 26.7. The molecule has 1 aliphatic rings. The van der Waals surface area contributed by atoms with E-state index < -0.39 is 10.8 Å². The Morgan fingerprint density at radius 3 is 2.47 bits per heavy atom. The second-order valence-electron chi connectivity index (χ2n) is 5.47. The lowest BCUT2D eigenvalue weighted by Crippen LogP contribution is -2.43. The highest BCUT2D eigenvalue weighted by Crippen LogP contribution is 2.22. The van der Waals surface area contributed by atoms with Crippen molar-refractivity contribution >= 4 is 16.7 Å². The monoisotopic (exact) mass is 288 g/mol. The van der Waals surface area contributed by atoms with Crippen LogP contribution in [0.4, 0.5) is 0 Å². The van der Waals surface area contributed by atoms with Crippen LogP contribution >= 0.6 is 0 Å². The summed E-state index contributed by atoms with van der Waals surface area (Å²) in [4.78, 5) is 14.5. The Morgan fingerprint density at radius 2 is 1.95 bits per heavy atom. The molecule has 0 radical (unpaired) electrons. The summed E-state index contributed by atoms with van der Waals surface area (Å²) in [6.45, 7) is 6.32. The number of carbonyl (C=O) groups is 1. The molecule has 0 spiro atoms. The van der Waals surface area contributed by atoms with Crippen LogP contribution in [-0.4, -0.2) is 45.3 Å². The zero-order valence-electron chi connectivity index (χ0n) is 12.6. The van der Waals surface area contributed by atoms with E-state index in [0.717, 1.165) is 32.1 Å². The van der Waals surface area contributed by atoms with Gasteiger partial charge in [0.05, 0.1) is 12.2 Å². The third-order valence-electron chi connectivity index (χ3n) is 3.72. The van der Waals surface area contributed by atoms with Crippen LogP contribution in [0.25, 0.3) is 0 Å². The number of amides is 1. The van der Waals surface area contributed by atoms with Gasteiger partial charge in [0.2, 0.25) is 5.91 Å². The first-order chi connectivity index (χ1) is 9.01. The van der Waals surface area contributed by atoms with E-state index >= 15 is 0 Å². The van der Waals surface area contributed by atoms with Gasteiger partial charge in [0, 0.05) is 28.9 Å². The maximum absolute atomic E-state index is 12.5. The van der Waals surface area contributed by atoms with Crippen molar-refractivity contribution in [3.05, 3.63) is 0 Å². The minimum Gasteiger partial charge on any atom is -0.323 e. The van der Waals surface area contributed by atoms with E-state index in [-0.39, 0.29) is 24.2 Å². The molecule has 0 aliphatic carbocycles. The Morgan fingerprint density at radius 1 is 1.32 bits per heavy atom. The topological polar surface area (TPSA) is 49.4 Å². The molecule has 4 unspecified atom stereocenters. The molecule has 1 saturated heterocycles. The van der Waals surface area contributed by atoms with E-state index in [9.17, 15) is 9.00 Å². The molecule has 4 nitrogen and oxygen atoms in total. The van der Waals surface area contributed by atoms with Gasteiger partial charge in [-0.05, 0) is 26.2 Å². The van der Waals surface area contributed by atoms with Crippen LogP contribution in [0, 0.1) is 0 Å². The molecular weight excluding hydrogens is 260 g/mol. The minimum atomic E-state index is -0.783. The van der Waals surface area contributed by atoms with Crippen molar-refractivity contribution in [1.29, 1.82) is 0 Å². The summed E-state index contributed by atoms with van der Waals surface area (Å²) >= 11 is 0. The molecule has 0 aromatic heterocycles. The number of hydrogen-bond donors (Lipinski definition) is 1. The largest absolute Gasteiger partial charge is 0.323 e. The van der Waals surface area contributed by atoms with Crippen molar-refractivity contribution in [1.82, 2.24) is 10.2 Å². The van der Waals surface area contributed by atoms with Gasteiger partial charge in [-0.15, -0.1) is 0 Å². The number of carbonyl (C=O) groups excluding carboxylic acids is 1. The third kappa shape index (κ3) is 4.56. The van der Waals surface area contributed by atoms with Crippen molar-refractivity contribution in [3.63, 3.8) is 0 Å². The van der Waals surface area contributed by atoms with Crippen molar-refractivity contribution in [2.75, 3.05) is 12.0 Å². The predicted molar refractivity (Wildman–Crippen MR) is 80.4 cm³/mol. The summed E-state index contributed by atoms with van der Waals surface area (Å²) in [6.07, 6.45) is 6.67. The Balaban J connectivity index is 2.69. The molecule has 0 saturated carbocycles. The molecule has 0 aromatic carbocycles. The third-order valence-corrected chi connectivity index (χ3v) is 4.53. The van der Waals surface area contributed by atoms with E-state index in [2.05, 4.69) is 26.1 Å². The number of nitrogens with one attached hydrogen (secondary N) is 1. The summed E-state index contributed by atoms with van der Waals surface area (Å²) in [7, 11) is -0.783. The van der Waals surface area contributed by atoms with E-state index in [0.29, 0.717) is 5.75 Å². The highest BCUT2D eigenvalue weighted by molar-refractivity contribution is 7.84. The number of nitrogens with zero attached hydrogens (tertiary/aromatic N) is 1. The Bertz CT molecular complexity index is 323. The molecule has 112 valence electrons. The van der Waals surface area contributed by atoms with Crippen LogP contribution in [-0.2, 0) is 15.6 Å². The highest BCUT2D eigenvalue weighted by Gasteiger charge is 2.39. The molecular formula is C14H28N2O2S. The van der Waals surface area contributed by atoms with E-state index in [4.69, 9.17) is 0 Å². The lowest BCUT2D eigenvalue weighted by atomic mass is 10.1. The fraction of sp³-hybridized carbons (Fsp3) is 0.929. The van der Waals surface area contributed by atoms with Gasteiger partial charge in [-0.25, -0.2) is 0 Å². The number of rotatable bonds is 8. The van der Waals surface area contributed by atoms with E-state index in [1.807, 2.05) is 4.90 Å². The Labute approximate surface area is 119 Å². The van der Waals surface area contributed by atoms with Crippen molar-refractivity contribution in [2.45, 2.75) is 71.1 Å². The quantitative estimate of drug-likeness (QED) is 0.742. The van der Waals surface area contributed by atoms with E-state index in [1.54, 1.807) is 6.26 Å². The molecule has 5 heteroatoms. The summed E-state index contributed by atoms with van der Waals surface area (Å²) in [5, 5.41) is 3.46. The molecule has 1 N–H and O–H groups in total. The summed E-state index contributed by atoms with van der Waals surface area (Å²) < 4.78 is 11.2. The summed E-state index contributed by atoms with van der Waals surface area (Å²) in [5.41, 5.74) is 0. The SMILES string of the molecule is CCCC1NC(CCC)N(C(C)CCS(C)=O)C1=O. The molecule has 0 bridgehead atoms. The summed E-state index contributed by atoms with van der Waals surface area (Å²) in [5.74, 6) is 0.900. The zero-order chi connectivity index (χ0) is 14.4. The van der Waals surface area contributed by atoms with Crippen LogP contribution in [0.15, 0.2) is 0 Å². The zero-order valence-corrected chi connectivity index (χ0v) is 13.5. The number of hydrogen-bond acceptors (Lipinski definition) is 3. The summed E-state index contributed by atoms with van der Waals surface area (Å²) in [6, 6.07) is 0.151. The fourth-order valence-corrected chi connectivity index (χ4v) is 3.38. The van der Waals surface area contributed by atoms with Gasteiger partial charge in [0.1, 0.15) is 0 Å².